The van der Waals surface area contributed by atoms with E-state index in [1.807, 2.05) is 12.2 Å². The smallest absolute Gasteiger partial charge is 0.336 e. The molecule has 23 heavy (non-hydrogen) atoms. The van der Waals surface area contributed by atoms with Crippen molar-refractivity contribution in [2.75, 3.05) is 6.61 Å². The van der Waals surface area contributed by atoms with Gasteiger partial charge >= 0.3 is 5.97 Å². The van der Waals surface area contributed by atoms with Gasteiger partial charge in [-0.1, -0.05) is 25.7 Å². The fourth-order valence-corrected chi connectivity index (χ4v) is 3.57. The zero-order valence-electron chi connectivity index (χ0n) is 14.4. The van der Waals surface area contributed by atoms with Crippen LogP contribution in [0.3, 0.4) is 0 Å². The first-order chi connectivity index (χ1) is 11.1. The number of hydrogen-bond donors (Lipinski definition) is 0. The zero-order valence-corrected chi connectivity index (χ0v) is 14.4. The fraction of sp³-hybridized carbons (Fsp3) is 0.579. The van der Waals surface area contributed by atoms with Crippen molar-refractivity contribution in [3.63, 3.8) is 0 Å². The topological polar surface area (TPSA) is 33.9 Å². The SMILES string of the molecule is [C-]#[N+]C(C(=O)OCC)=C1C=C(C)N(C2CCCCCC2)C(C)=C1. The molecule has 1 aliphatic heterocycles. The molecule has 0 atom stereocenters. The van der Waals surface area contributed by atoms with Gasteiger partial charge in [0.05, 0.1) is 13.2 Å². The van der Waals surface area contributed by atoms with Gasteiger partial charge < -0.3 is 9.64 Å². The first-order valence-electron chi connectivity index (χ1n) is 8.53. The van der Waals surface area contributed by atoms with Gasteiger partial charge in [0.25, 0.3) is 5.70 Å². The average molecular weight is 314 g/mol. The van der Waals surface area contributed by atoms with Crippen LogP contribution in [0.2, 0.25) is 0 Å². The number of carbonyl (C=O) groups is 1. The standard InChI is InChI=1S/C19H26N2O2/c1-5-23-19(22)18(20-4)16-12-14(2)21(15(3)13-16)17-10-8-6-7-9-11-17/h12-13,17H,5-11H2,1-3H3. The molecule has 0 spiro atoms. The van der Waals surface area contributed by atoms with Crippen molar-refractivity contribution in [3.8, 4) is 0 Å². The molecule has 0 radical (unpaired) electrons. The lowest BCUT2D eigenvalue weighted by Crippen LogP contribution is -2.33. The van der Waals surface area contributed by atoms with E-state index >= 15 is 0 Å². The van der Waals surface area contributed by atoms with Crippen LogP contribution in [0.25, 0.3) is 4.85 Å². The van der Waals surface area contributed by atoms with Gasteiger partial charge in [-0.05, 0) is 51.3 Å². The maximum atomic E-state index is 11.9. The number of esters is 1. The fourth-order valence-electron chi connectivity index (χ4n) is 3.57. The lowest BCUT2D eigenvalue weighted by Gasteiger charge is -2.37. The molecule has 0 aromatic rings. The second-order valence-corrected chi connectivity index (χ2v) is 6.22. The molecule has 2 rings (SSSR count). The van der Waals surface area contributed by atoms with E-state index < -0.39 is 5.97 Å². The van der Waals surface area contributed by atoms with Crippen molar-refractivity contribution in [1.29, 1.82) is 0 Å². The Labute approximate surface area is 139 Å². The van der Waals surface area contributed by atoms with Crippen LogP contribution in [0.15, 0.2) is 34.8 Å². The Balaban J connectivity index is 2.30. The van der Waals surface area contributed by atoms with Gasteiger partial charge in [-0.2, -0.15) is 0 Å². The van der Waals surface area contributed by atoms with Crippen LogP contribution in [0.1, 0.15) is 59.3 Å². The van der Waals surface area contributed by atoms with Gasteiger partial charge in [-0.3, -0.25) is 4.79 Å². The van der Waals surface area contributed by atoms with Crippen LogP contribution in [-0.2, 0) is 9.53 Å². The molecule has 124 valence electrons. The molecule has 0 aromatic carbocycles. The van der Waals surface area contributed by atoms with E-state index in [2.05, 4.69) is 23.6 Å². The summed E-state index contributed by atoms with van der Waals surface area (Å²) in [5.41, 5.74) is 2.96. The Morgan fingerprint density at radius 3 is 2.26 bits per heavy atom. The predicted octanol–water partition coefficient (Wildman–Crippen LogP) is 4.57. The minimum absolute atomic E-state index is 0.0751. The van der Waals surface area contributed by atoms with E-state index in [9.17, 15) is 4.79 Å². The quantitative estimate of drug-likeness (QED) is 0.331. The summed E-state index contributed by atoms with van der Waals surface area (Å²) < 4.78 is 5.00. The normalized spacial score (nSPS) is 19.4. The summed E-state index contributed by atoms with van der Waals surface area (Å²) in [6.45, 7) is 13.5. The number of allylic oxidation sites excluding steroid dienone is 5. The van der Waals surface area contributed by atoms with Gasteiger partial charge in [0.15, 0.2) is 0 Å². The van der Waals surface area contributed by atoms with E-state index in [1.54, 1.807) is 6.92 Å². The number of nitrogens with zero attached hydrogens (tertiary/aromatic N) is 2. The van der Waals surface area contributed by atoms with E-state index in [4.69, 9.17) is 11.3 Å². The highest BCUT2D eigenvalue weighted by Crippen LogP contribution is 2.32. The van der Waals surface area contributed by atoms with Crippen LogP contribution in [0.4, 0.5) is 0 Å². The van der Waals surface area contributed by atoms with Gasteiger partial charge in [0, 0.05) is 17.4 Å². The van der Waals surface area contributed by atoms with Crippen molar-refractivity contribution in [2.45, 2.75) is 65.3 Å². The zero-order chi connectivity index (χ0) is 16.8. The Bertz CT molecular complexity index is 563. The molecule has 4 heteroatoms. The summed E-state index contributed by atoms with van der Waals surface area (Å²) in [4.78, 5) is 17.7. The number of hydrogen-bond acceptors (Lipinski definition) is 3. The molecular weight excluding hydrogens is 288 g/mol. The Hall–Kier alpha value is -2.02. The minimum Gasteiger partial charge on any atom is -0.471 e. The van der Waals surface area contributed by atoms with Gasteiger partial charge in [0.2, 0.25) is 0 Å². The van der Waals surface area contributed by atoms with Crippen LogP contribution in [0, 0.1) is 6.57 Å². The first kappa shape index (κ1) is 17.3. The van der Waals surface area contributed by atoms with Crippen molar-refractivity contribution >= 4 is 5.97 Å². The molecule has 0 N–H and O–H groups in total. The Kier molecular flexibility index (Phi) is 6.04. The summed E-state index contributed by atoms with van der Waals surface area (Å²) in [5.74, 6) is -0.534. The first-order valence-corrected chi connectivity index (χ1v) is 8.53. The minimum atomic E-state index is -0.534. The summed E-state index contributed by atoms with van der Waals surface area (Å²) in [6.07, 6.45) is 11.5. The van der Waals surface area contributed by atoms with Crippen LogP contribution >= 0.6 is 0 Å². The van der Waals surface area contributed by atoms with Crippen LogP contribution < -0.4 is 0 Å². The lowest BCUT2D eigenvalue weighted by molar-refractivity contribution is -0.138. The van der Waals surface area contributed by atoms with E-state index in [0.717, 1.165) is 11.4 Å². The molecule has 0 amide bonds. The molecule has 4 nitrogen and oxygen atoms in total. The van der Waals surface area contributed by atoms with Crippen molar-refractivity contribution in [1.82, 2.24) is 4.90 Å². The van der Waals surface area contributed by atoms with E-state index in [-0.39, 0.29) is 12.3 Å². The second-order valence-electron chi connectivity index (χ2n) is 6.22. The maximum Gasteiger partial charge on any atom is 0.336 e. The summed E-state index contributed by atoms with van der Waals surface area (Å²) >= 11 is 0. The summed E-state index contributed by atoms with van der Waals surface area (Å²) in [7, 11) is 0. The third-order valence-corrected chi connectivity index (χ3v) is 4.53. The molecule has 1 saturated carbocycles. The van der Waals surface area contributed by atoms with Crippen LogP contribution in [-0.4, -0.2) is 23.5 Å². The van der Waals surface area contributed by atoms with E-state index in [0.29, 0.717) is 11.6 Å². The monoisotopic (exact) mass is 314 g/mol. The van der Waals surface area contributed by atoms with Crippen LogP contribution in [0.5, 0.6) is 0 Å². The van der Waals surface area contributed by atoms with Crippen molar-refractivity contribution < 1.29 is 9.53 Å². The second kappa shape index (κ2) is 8.01. The van der Waals surface area contributed by atoms with E-state index in [1.165, 1.54) is 38.5 Å². The van der Waals surface area contributed by atoms with Gasteiger partial charge in [0.1, 0.15) is 0 Å². The predicted molar refractivity (Wildman–Crippen MR) is 91.1 cm³/mol. The molecule has 0 bridgehead atoms. The third-order valence-electron chi connectivity index (χ3n) is 4.53. The Morgan fingerprint density at radius 2 is 1.78 bits per heavy atom. The molecule has 1 heterocycles. The number of rotatable bonds is 3. The molecule has 1 fully saturated rings. The third kappa shape index (κ3) is 4.04. The number of ether oxygens (including phenoxy) is 1. The highest BCUT2D eigenvalue weighted by atomic mass is 16.5. The molecule has 0 unspecified atom stereocenters. The molecule has 0 saturated heterocycles. The number of carbonyl (C=O) groups excluding carboxylic acids is 1. The van der Waals surface area contributed by atoms with Gasteiger partial charge in [-0.25, -0.2) is 4.85 Å². The highest BCUT2D eigenvalue weighted by molar-refractivity contribution is 5.92. The van der Waals surface area contributed by atoms with Crippen molar-refractivity contribution in [3.05, 3.63) is 46.2 Å². The van der Waals surface area contributed by atoms with Gasteiger partial charge in [-0.15, -0.1) is 0 Å². The molecular formula is C19H26N2O2. The molecule has 0 aromatic heterocycles. The summed E-state index contributed by atoms with van der Waals surface area (Å²) in [6, 6.07) is 0.533. The molecule has 1 aliphatic carbocycles. The lowest BCUT2D eigenvalue weighted by atomic mass is 10.00. The van der Waals surface area contributed by atoms with Crippen molar-refractivity contribution in [2.24, 2.45) is 0 Å². The average Bonchev–Trinajstić information content (AvgIpc) is 2.77. The Morgan fingerprint density at radius 1 is 1.22 bits per heavy atom. The largest absolute Gasteiger partial charge is 0.471 e. The molecule has 2 aliphatic rings. The maximum absolute atomic E-state index is 11.9. The highest BCUT2D eigenvalue weighted by Gasteiger charge is 2.26. The summed E-state index contributed by atoms with van der Waals surface area (Å²) in [5, 5.41) is 0.